The van der Waals surface area contributed by atoms with Gasteiger partial charge in [0.05, 0.1) is 5.58 Å². The summed E-state index contributed by atoms with van der Waals surface area (Å²) in [5, 5.41) is 2.27. The third-order valence-electron chi connectivity index (χ3n) is 9.77. The summed E-state index contributed by atoms with van der Waals surface area (Å²) in [5.41, 5.74) is 10.8. The summed E-state index contributed by atoms with van der Waals surface area (Å²) >= 11 is -1.77. The topological polar surface area (TPSA) is 38.9 Å². The van der Waals surface area contributed by atoms with Crippen LogP contribution in [0, 0.1) is 25.0 Å². The number of aromatic nitrogens is 2. The van der Waals surface area contributed by atoms with E-state index in [1.807, 2.05) is 42.6 Å². The predicted octanol–water partition coefficient (Wildman–Crippen LogP) is 11.6. The van der Waals surface area contributed by atoms with E-state index < -0.39 is 13.3 Å². The molecule has 1 aliphatic rings. The maximum atomic E-state index is 6.42. The van der Waals surface area contributed by atoms with Crippen LogP contribution in [0.25, 0.3) is 55.6 Å². The van der Waals surface area contributed by atoms with E-state index in [0.717, 1.165) is 62.4 Å². The summed E-state index contributed by atoms with van der Waals surface area (Å²) < 4.78 is 7.91. The molecular weight excluding hydrogens is 849 g/mol. The van der Waals surface area contributed by atoms with Gasteiger partial charge in [-0.05, 0) is 35.6 Å². The minimum Gasteiger partial charge on any atom is -0.501 e. The van der Waals surface area contributed by atoms with Crippen LogP contribution >= 0.6 is 0 Å². The fraction of sp³-hybridized carbons (Fsp3) is 0.244. The number of hydrogen-bond acceptors (Lipinski definition) is 3. The number of nitrogens with zero attached hydrogens (tertiary/aromatic N) is 2. The first kappa shape index (κ1) is 36.0. The number of benzene rings is 4. The van der Waals surface area contributed by atoms with Gasteiger partial charge in [-0.25, -0.2) is 0 Å². The standard InChI is InChI=1S/C30H26NO.C15H18GeN.Ir/c1-3-9-21(10-4-1)19-22-17-18-31-27(20-22)25-16-15-24(23-11-5-2-6-12-23)29-26-13-7-8-14-28(26)32-30(25)29;1-12-10-15(13-8-6-5-7-9-13)17-11-14(12)16(2,3)4;/h2,5-8,11-15,17-18,20-21H,1,3-4,9-10,19H2;5-8,10-11H,1-4H3;/q2*-1;. The molecule has 255 valence electrons. The van der Waals surface area contributed by atoms with Gasteiger partial charge in [-0.1, -0.05) is 109 Å². The molecule has 4 aromatic carbocycles. The molecule has 1 saturated carbocycles. The van der Waals surface area contributed by atoms with Crippen LogP contribution in [0.3, 0.4) is 0 Å². The van der Waals surface area contributed by atoms with Crippen molar-refractivity contribution < 1.29 is 24.5 Å². The maximum absolute atomic E-state index is 6.42. The van der Waals surface area contributed by atoms with Crippen LogP contribution in [0.1, 0.15) is 43.2 Å². The SMILES string of the molecule is Cc1cc(-c2[c-]cccc2)nc[c]1[Ge]([CH3])([CH3])[CH3].[Ir].[c-]1cc(-c2ccccc2)c2c(oc3ccccc32)c1-c1cc(CC2CCCCC2)ccn1. The average molecular weight is 894 g/mol. The average Bonchev–Trinajstić information content (AvgIpc) is 3.52. The Labute approximate surface area is 313 Å². The number of rotatable bonds is 6. The summed E-state index contributed by atoms with van der Waals surface area (Å²) in [6.07, 6.45) is 12.0. The van der Waals surface area contributed by atoms with Crippen molar-refractivity contribution in [3.63, 3.8) is 0 Å². The molecule has 0 spiro atoms. The first-order valence-electron chi connectivity index (χ1n) is 17.7. The van der Waals surface area contributed by atoms with Crippen LogP contribution in [-0.2, 0) is 26.5 Å². The molecule has 0 N–H and O–H groups in total. The first-order valence-corrected chi connectivity index (χ1v) is 25.0. The van der Waals surface area contributed by atoms with Crippen molar-refractivity contribution in [2.75, 3.05) is 0 Å². The monoisotopic (exact) mass is 895 g/mol. The van der Waals surface area contributed by atoms with Gasteiger partial charge in [0, 0.05) is 31.7 Å². The molecule has 50 heavy (non-hydrogen) atoms. The minimum atomic E-state index is -1.77. The number of aryl methyl sites for hydroxylation is 1. The molecule has 1 radical (unpaired) electrons. The Bertz CT molecular complexity index is 2180. The zero-order valence-corrected chi connectivity index (χ0v) is 33.9. The Morgan fingerprint density at radius 1 is 0.800 bits per heavy atom. The Morgan fingerprint density at radius 3 is 2.30 bits per heavy atom. The third kappa shape index (κ3) is 8.04. The van der Waals surface area contributed by atoms with Crippen molar-refractivity contribution in [2.45, 2.75) is 62.7 Å². The maximum Gasteiger partial charge on any atom is 0.120 e. The zero-order chi connectivity index (χ0) is 33.8. The molecule has 7 aromatic rings. The molecule has 8 rings (SSSR count). The smallest absolute Gasteiger partial charge is 0.120 e. The molecule has 3 nitrogen and oxygen atoms in total. The molecule has 1 aliphatic carbocycles. The van der Waals surface area contributed by atoms with E-state index in [-0.39, 0.29) is 20.1 Å². The number of para-hydroxylation sites is 1. The van der Waals surface area contributed by atoms with Crippen LogP contribution in [-0.4, -0.2) is 23.2 Å². The van der Waals surface area contributed by atoms with Gasteiger partial charge in [-0.3, -0.25) is 0 Å². The summed E-state index contributed by atoms with van der Waals surface area (Å²) in [4.78, 5) is 9.33. The number of furan rings is 1. The molecule has 3 aromatic heterocycles. The number of fused-ring (bicyclic) bond motifs is 3. The summed E-state index contributed by atoms with van der Waals surface area (Å²) in [5.74, 6) is 8.00. The Balaban J connectivity index is 0.000000204. The third-order valence-corrected chi connectivity index (χ3v) is 14.3. The molecule has 1 fully saturated rings. The zero-order valence-electron chi connectivity index (χ0n) is 29.4. The van der Waals surface area contributed by atoms with Crippen LogP contribution in [0.2, 0.25) is 17.3 Å². The Morgan fingerprint density at radius 2 is 1.56 bits per heavy atom. The van der Waals surface area contributed by atoms with Crippen molar-refractivity contribution in [3.8, 4) is 33.6 Å². The summed E-state index contributed by atoms with van der Waals surface area (Å²) in [6.45, 7) is 2.19. The molecule has 0 aliphatic heterocycles. The van der Waals surface area contributed by atoms with E-state index in [1.165, 1.54) is 53.2 Å². The predicted molar refractivity (Wildman–Crippen MR) is 208 cm³/mol. The van der Waals surface area contributed by atoms with Gasteiger partial charge in [0.15, 0.2) is 0 Å². The van der Waals surface area contributed by atoms with Gasteiger partial charge in [0.25, 0.3) is 0 Å². The largest absolute Gasteiger partial charge is 0.501 e. The van der Waals surface area contributed by atoms with E-state index in [4.69, 9.17) is 9.40 Å². The Kier molecular flexibility index (Phi) is 11.5. The van der Waals surface area contributed by atoms with Gasteiger partial charge in [0.1, 0.15) is 5.58 Å². The van der Waals surface area contributed by atoms with Gasteiger partial charge in [-0.2, -0.15) is 0 Å². The first-order chi connectivity index (χ1) is 23.8. The van der Waals surface area contributed by atoms with Crippen LogP contribution < -0.4 is 4.40 Å². The fourth-order valence-electron chi connectivity index (χ4n) is 7.31. The van der Waals surface area contributed by atoms with Crippen LogP contribution in [0.5, 0.6) is 0 Å². The summed E-state index contributed by atoms with van der Waals surface area (Å²) in [6, 6.07) is 42.2. The van der Waals surface area contributed by atoms with Crippen LogP contribution in [0.15, 0.2) is 120 Å². The van der Waals surface area contributed by atoms with Crippen molar-refractivity contribution in [1.82, 2.24) is 9.97 Å². The van der Waals surface area contributed by atoms with Gasteiger partial charge >= 0.3 is 106 Å². The van der Waals surface area contributed by atoms with E-state index in [1.54, 1.807) is 0 Å². The normalized spacial score (nSPS) is 13.4. The number of pyridine rings is 2. The summed E-state index contributed by atoms with van der Waals surface area (Å²) in [7, 11) is 0. The molecule has 0 unspecified atom stereocenters. The van der Waals surface area contributed by atoms with Crippen molar-refractivity contribution in [3.05, 3.63) is 139 Å². The van der Waals surface area contributed by atoms with Crippen molar-refractivity contribution in [1.29, 1.82) is 0 Å². The van der Waals surface area contributed by atoms with Crippen molar-refractivity contribution in [2.24, 2.45) is 5.92 Å². The minimum absolute atomic E-state index is 0. The van der Waals surface area contributed by atoms with Gasteiger partial charge < -0.3 is 9.40 Å². The molecular formula is C45H44GeIrN2O-2. The second kappa shape index (κ2) is 16.0. The number of hydrogen-bond donors (Lipinski definition) is 0. The van der Waals surface area contributed by atoms with Crippen molar-refractivity contribution >= 4 is 39.6 Å². The molecule has 3 heterocycles. The Hall–Kier alpha value is -3.83. The van der Waals surface area contributed by atoms with Gasteiger partial charge in [0.2, 0.25) is 0 Å². The van der Waals surface area contributed by atoms with E-state index in [2.05, 4.69) is 114 Å². The fourth-order valence-corrected chi connectivity index (χ4v) is 10.9. The second-order valence-electron chi connectivity index (χ2n) is 14.4. The van der Waals surface area contributed by atoms with E-state index >= 15 is 0 Å². The quantitative estimate of drug-likeness (QED) is 0.123. The second-order valence-corrected chi connectivity index (χ2v) is 25.0. The van der Waals surface area contributed by atoms with E-state index in [0.29, 0.717) is 0 Å². The molecule has 0 amide bonds. The van der Waals surface area contributed by atoms with E-state index in [9.17, 15) is 0 Å². The van der Waals surface area contributed by atoms with Gasteiger partial charge in [-0.15, -0.1) is 12.1 Å². The molecule has 0 atom stereocenters. The van der Waals surface area contributed by atoms with Crippen LogP contribution in [0.4, 0.5) is 0 Å². The molecule has 5 heteroatoms. The molecule has 0 bridgehead atoms. The molecule has 0 saturated heterocycles.